The Bertz CT molecular complexity index is 640. The topological polar surface area (TPSA) is 78.7 Å². The fourth-order valence-electron chi connectivity index (χ4n) is 1.58. The molecule has 5 nitrogen and oxygen atoms in total. The van der Waals surface area contributed by atoms with Crippen LogP contribution in [-0.2, 0) is 4.79 Å². The van der Waals surface area contributed by atoms with Gasteiger partial charge in [-0.25, -0.2) is 4.98 Å². The van der Waals surface area contributed by atoms with Crippen LogP contribution in [0.15, 0.2) is 23.7 Å². The number of pyridine rings is 1. The van der Waals surface area contributed by atoms with Crippen molar-refractivity contribution in [3.8, 4) is 17.5 Å². The molecule has 0 atom stereocenters. The minimum atomic E-state index is -0.350. The molecular weight excluding hydrogens is 272 g/mol. The summed E-state index contributed by atoms with van der Waals surface area (Å²) in [5.41, 5.74) is 2.66. The molecular formula is C14H14N4OS. The number of carbonyl (C=O) groups is 1. The van der Waals surface area contributed by atoms with Crippen LogP contribution in [0.4, 0.5) is 5.13 Å². The Balaban J connectivity index is 2.12. The van der Waals surface area contributed by atoms with E-state index in [0.29, 0.717) is 11.0 Å². The highest BCUT2D eigenvalue weighted by Crippen LogP contribution is 2.24. The number of carbonyl (C=O) groups excluding carboxylic acids is 1. The lowest BCUT2D eigenvalue weighted by molar-refractivity contribution is -0.115. The van der Waals surface area contributed by atoms with Gasteiger partial charge in [-0.1, -0.05) is 19.9 Å². The summed E-state index contributed by atoms with van der Waals surface area (Å²) < 4.78 is 0. The fraction of sp³-hybridized carbons (Fsp3) is 0.286. The zero-order chi connectivity index (χ0) is 14.5. The van der Waals surface area contributed by atoms with Crippen molar-refractivity contribution in [1.82, 2.24) is 9.97 Å². The number of anilines is 1. The highest BCUT2D eigenvalue weighted by atomic mass is 32.1. The van der Waals surface area contributed by atoms with Gasteiger partial charge >= 0.3 is 0 Å². The summed E-state index contributed by atoms with van der Waals surface area (Å²) >= 11 is 1.32. The van der Waals surface area contributed by atoms with Gasteiger partial charge in [-0.2, -0.15) is 5.26 Å². The second kappa shape index (κ2) is 6.26. The summed E-state index contributed by atoms with van der Waals surface area (Å²) in [6, 6.07) is 5.75. The van der Waals surface area contributed by atoms with Crippen molar-refractivity contribution < 1.29 is 4.79 Å². The number of amides is 1. The predicted molar refractivity (Wildman–Crippen MR) is 78.3 cm³/mol. The van der Waals surface area contributed by atoms with Crippen LogP contribution in [0.2, 0.25) is 0 Å². The molecule has 2 heterocycles. The second-order valence-electron chi connectivity index (χ2n) is 4.55. The monoisotopic (exact) mass is 286 g/mol. The molecule has 20 heavy (non-hydrogen) atoms. The quantitative estimate of drug-likeness (QED) is 0.936. The van der Waals surface area contributed by atoms with Gasteiger partial charge in [0.1, 0.15) is 12.1 Å². The van der Waals surface area contributed by atoms with Crippen molar-refractivity contribution in [3.05, 3.63) is 29.3 Å². The number of hydrogen-bond acceptors (Lipinski definition) is 5. The maximum absolute atomic E-state index is 11.3. The average molecular weight is 286 g/mol. The lowest BCUT2D eigenvalue weighted by Gasteiger charge is -2.04. The van der Waals surface area contributed by atoms with Gasteiger partial charge < -0.3 is 5.32 Å². The summed E-state index contributed by atoms with van der Waals surface area (Å²) in [5.74, 6) is 0.0873. The molecule has 2 rings (SSSR count). The van der Waals surface area contributed by atoms with E-state index in [1.165, 1.54) is 16.9 Å². The molecule has 0 unspecified atom stereocenters. The lowest BCUT2D eigenvalue weighted by atomic mass is 10.1. The first-order valence-electron chi connectivity index (χ1n) is 6.19. The lowest BCUT2D eigenvalue weighted by Crippen LogP contribution is -2.09. The fourth-order valence-corrected chi connectivity index (χ4v) is 2.30. The van der Waals surface area contributed by atoms with Crippen LogP contribution in [0.5, 0.6) is 0 Å². The van der Waals surface area contributed by atoms with E-state index in [9.17, 15) is 4.79 Å². The van der Waals surface area contributed by atoms with Crippen LogP contribution < -0.4 is 5.32 Å². The highest BCUT2D eigenvalue weighted by molar-refractivity contribution is 7.14. The molecule has 0 saturated carbocycles. The van der Waals surface area contributed by atoms with Gasteiger partial charge in [0.25, 0.3) is 0 Å². The Morgan fingerprint density at radius 1 is 1.45 bits per heavy atom. The first-order valence-corrected chi connectivity index (χ1v) is 7.06. The molecule has 1 amide bonds. The smallest absolute Gasteiger partial charge is 0.240 e. The van der Waals surface area contributed by atoms with Crippen molar-refractivity contribution in [1.29, 1.82) is 5.26 Å². The van der Waals surface area contributed by atoms with E-state index in [2.05, 4.69) is 29.1 Å². The van der Waals surface area contributed by atoms with E-state index in [1.54, 1.807) is 6.07 Å². The van der Waals surface area contributed by atoms with Crippen LogP contribution >= 0.6 is 11.3 Å². The second-order valence-corrected chi connectivity index (χ2v) is 5.41. The SMILES string of the molecule is CC(C)c1ccc(-c2csc(NC(=O)CC#N)n2)nc1. The predicted octanol–water partition coefficient (Wildman–Crippen LogP) is 3.18. The van der Waals surface area contributed by atoms with Crippen LogP contribution in [0.3, 0.4) is 0 Å². The number of rotatable bonds is 4. The number of thiazole rings is 1. The Morgan fingerprint density at radius 2 is 2.25 bits per heavy atom. The molecule has 0 aliphatic heterocycles. The summed E-state index contributed by atoms with van der Waals surface area (Å²) in [7, 11) is 0. The Hall–Kier alpha value is -2.26. The van der Waals surface area contributed by atoms with Gasteiger partial charge in [-0.15, -0.1) is 11.3 Å². The van der Waals surface area contributed by atoms with Crippen molar-refractivity contribution in [2.45, 2.75) is 26.2 Å². The van der Waals surface area contributed by atoms with Crippen molar-refractivity contribution in [2.24, 2.45) is 0 Å². The maximum Gasteiger partial charge on any atom is 0.240 e. The zero-order valence-corrected chi connectivity index (χ0v) is 12.1. The van der Waals surface area contributed by atoms with Crippen molar-refractivity contribution in [2.75, 3.05) is 5.32 Å². The molecule has 0 aliphatic rings. The van der Waals surface area contributed by atoms with Crippen LogP contribution in [-0.4, -0.2) is 15.9 Å². The number of aromatic nitrogens is 2. The maximum atomic E-state index is 11.3. The van der Waals surface area contributed by atoms with Crippen LogP contribution in [0, 0.1) is 11.3 Å². The number of hydrogen-bond donors (Lipinski definition) is 1. The van der Waals surface area contributed by atoms with Crippen LogP contribution in [0.1, 0.15) is 31.7 Å². The van der Waals surface area contributed by atoms with Gasteiger partial charge in [0.2, 0.25) is 5.91 Å². The van der Waals surface area contributed by atoms with Gasteiger partial charge in [0.15, 0.2) is 5.13 Å². The standard InChI is InChI=1S/C14H14N4OS/c1-9(2)10-3-4-11(16-7-10)12-8-20-14(17-12)18-13(19)5-6-15/h3-4,7-9H,5H2,1-2H3,(H,17,18,19). The highest BCUT2D eigenvalue weighted by Gasteiger charge is 2.09. The zero-order valence-electron chi connectivity index (χ0n) is 11.3. The van der Waals surface area contributed by atoms with E-state index >= 15 is 0 Å². The first-order chi connectivity index (χ1) is 9.60. The molecule has 6 heteroatoms. The van der Waals surface area contributed by atoms with E-state index in [-0.39, 0.29) is 12.3 Å². The largest absolute Gasteiger partial charge is 0.301 e. The normalized spacial score (nSPS) is 10.3. The molecule has 0 aliphatic carbocycles. The summed E-state index contributed by atoms with van der Waals surface area (Å²) in [4.78, 5) is 20.0. The van der Waals surface area contributed by atoms with Crippen LogP contribution in [0.25, 0.3) is 11.4 Å². The third-order valence-corrected chi connectivity index (χ3v) is 3.46. The molecule has 0 fully saturated rings. The number of nitrogens with one attached hydrogen (secondary N) is 1. The Morgan fingerprint density at radius 3 is 2.85 bits per heavy atom. The van der Waals surface area contributed by atoms with Gasteiger partial charge in [0.05, 0.1) is 11.8 Å². The Kier molecular flexibility index (Phi) is 4.43. The average Bonchev–Trinajstić information content (AvgIpc) is 2.87. The number of nitrogens with zero attached hydrogens (tertiary/aromatic N) is 3. The first kappa shape index (κ1) is 14.2. The van der Waals surface area contributed by atoms with E-state index < -0.39 is 0 Å². The third kappa shape index (κ3) is 3.39. The van der Waals surface area contributed by atoms with E-state index in [1.807, 2.05) is 23.7 Å². The molecule has 2 aromatic heterocycles. The molecule has 0 saturated heterocycles. The minimum absolute atomic E-state index is 0.170. The van der Waals surface area contributed by atoms with Gasteiger partial charge in [-0.3, -0.25) is 9.78 Å². The molecule has 0 spiro atoms. The summed E-state index contributed by atoms with van der Waals surface area (Å²) in [6.45, 7) is 4.23. The third-order valence-electron chi connectivity index (χ3n) is 2.71. The van der Waals surface area contributed by atoms with Gasteiger partial charge in [-0.05, 0) is 17.5 Å². The molecule has 2 aromatic rings. The van der Waals surface area contributed by atoms with E-state index in [4.69, 9.17) is 5.26 Å². The minimum Gasteiger partial charge on any atom is -0.301 e. The molecule has 0 radical (unpaired) electrons. The van der Waals surface area contributed by atoms with Crippen molar-refractivity contribution >= 4 is 22.4 Å². The summed E-state index contributed by atoms with van der Waals surface area (Å²) in [6.07, 6.45) is 1.67. The Labute approximate surface area is 121 Å². The van der Waals surface area contributed by atoms with E-state index in [0.717, 1.165) is 11.4 Å². The van der Waals surface area contributed by atoms with Crippen molar-refractivity contribution in [3.63, 3.8) is 0 Å². The molecule has 0 aromatic carbocycles. The van der Waals surface area contributed by atoms with Gasteiger partial charge in [0, 0.05) is 11.6 Å². The molecule has 1 N–H and O–H groups in total. The molecule has 0 bridgehead atoms. The number of nitriles is 1. The molecule has 102 valence electrons. The summed E-state index contributed by atoms with van der Waals surface area (Å²) in [5, 5.41) is 13.3.